The Morgan fingerprint density at radius 2 is 2.06 bits per heavy atom. The topological polar surface area (TPSA) is 38.0 Å². The van der Waals surface area contributed by atoms with E-state index in [1.807, 2.05) is 6.92 Å². The Balaban J connectivity index is 2.68. The maximum atomic E-state index is 13.3. The van der Waals surface area contributed by atoms with Crippen LogP contribution in [-0.2, 0) is 0 Å². The third kappa shape index (κ3) is 4.11. The van der Waals surface area contributed by atoms with Gasteiger partial charge in [0.1, 0.15) is 5.82 Å². The average molecular weight is 279 g/mol. The van der Waals surface area contributed by atoms with Crippen molar-refractivity contribution in [3.05, 3.63) is 33.6 Å². The van der Waals surface area contributed by atoms with E-state index in [1.165, 1.54) is 12.1 Å². The minimum absolute atomic E-state index is 0.0801. The summed E-state index contributed by atoms with van der Waals surface area (Å²) in [5, 5.41) is 3.83. The highest BCUT2D eigenvalue weighted by Crippen LogP contribution is 2.32. The molecule has 3 N–H and O–H groups in total. The van der Waals surface area contributed by atoms with E-state index in [4.69, 9.17) is 28.9 Å². The highest BCUT2D eigenvalue weighted by Gasteiger charge is 2.16. The largest absolute Gasteiger partial charge is 0.330 e. The number of benzene rings is 1. The molecule has 0 bridgehead atoms. The molecule has 1 atom stereocenters. The first-order valence-corrected chi connectivity index (χ1v) is 6.40. The van der Waals surface area contributed by atoms with Gasteiger partial charge in [-0.05, 0) is 45.0 Å². The van der Waals surface area contributed by atoms with Crippen LogP contribution in [0.15, 0.2) is 12.1 Å². The van der Waals surface area contributed by atoms with Gasteiger partial charge in [-0.2, -0.15) is 0 Å². The van der Waals surface area contributed by atoms with Crippen LogP contribution in [-0.4, -0.2) is 13.1 Å². The fraction of sp³-hybridized carbons (Fsp3) is 0.500. The van der Waals surface area contributed by atoms with Gasteiger partial charge in [-0.25, -0.2) is 4.39 Å². The quantitative estimate of drug-likeness (QED) is 0.617. The monoisotopic (exact) mass is 278 g/mol. The normalized spacial score (nSPS) is 12.8. The lowest BCUT2D eigenvalue weighted by atomic mass is 10.1. The van der Waals surface area contributed by atoms with Gasteiger partial charge in [0.15, 0.2) is 0 Å². The summed E-state index contributed by atoms with van der Waals surface area (Å²) in [6, 6.07) is 2.72. The van der Waals surface area contributed by atoms with Crippen molar-refractivity contribution in [3.63, 3.8) is 0 Å². The predicted octanol–water partition coefficient (Wildman–Crippen LogP) is 3.52. The van der Waals surface area contributed by atoms with Crippen molar-refractivity contribution >= 4 is 23.2 Å². The zero-order valence-electron chi connectivity index (χ0n) is 9.77. The van der Waals surface area contributed by atoms with E-state index in [1.54, 1.807) is 0 Å². The molecule has 1 rings (SSSR count). The van der Waals surface area contributed by atoms with Crippen molar-refractivity contribution in [2.75, 3.05) is 13.1 Å². The van der Waals surface area contributed by atoms with Crippen molar-refractivity contribution in [2.45, 2.75) is 25.8 Å². The lowest BCUT2D eigenvalue weighted by molar-refractivity contribution is 0.544. The maximum absolute atomic E-state index is 13.3. The summed E-state index contributed by atoms with van der Waals surface area (Å²) in [6.45, 7) is 3.40. The van der Waals surface area contributed by atoms with Crippen molar-refractivity contribution in [1.82, 2.24) is 5.32 Å². The summed E-state index contributed by atoms with van der Waals surface area (Å²) in [5.74, 6) is -0.443. The van der Waals surface area contributed by atoms with Crippen LogP contribution in [0.5, 0.6) is 0 Å². The molecule has 0 saturated heterocycles. The van der Waals surface area contributed by atoms with Crippen LogP contribution in [0, 0.1) is 5.82 Å². The second-order valence-electron chi connectivity index (χ2n) is 3.93. The van der Waals surface area contributed by atoms with E-state index < -0.39 is 5.82 Å². The Kier molecular flexibility index (Phi) is 6.20. The van der Waals surface area contributed by atoms with Crippen LogP contribution in [0.1, 0.15) is 31.4 Å². The van der Waals surface area contributed by atoms with Crippen LogP contribution >= 0.6 is 23.2 Å². The second kappa shape index (κ2) is 7.17. The molecular formula is C12H17Cl2FN2. The molecule has 1 aromatic carbocycles. The number of rotatable bonds is 6. The Morgan fingerprint density at radius 3 is 2.71 bits per heavy atom. The number of nitrogens with one attached hydrogen (secondary N) is 1. The number of unbranched alkanes of at least 4 members (excludes halogenated alkanes) is 1. The number of hydrogen-bond acceptors (Lipinski definition) is 2. The molecule has 5 heteroatoms. The fourth-order valence-electron chi connectivity index (χ4n) is 1.63. The van der Waals surface area contributed by atoms with Crippen molar-refractivity contribution in [1.29, 1.82) is 0 Å². The zero-order chi connectivity index (χ0) is 12.8. The molecule has 2 nitrogen and oxygen atoms in total. The summed E-state index contributed by atoms with van der Waals surface area (Å²) in [5.41, 5.74) is 6.02. The molecule has 0 heterocycles. The van der Waals surface area contributed by atoms with Crippen LogP contribution in [0.3, 0.4) is 0 Å². The van der Waals surface area contributed by atoms with Crippen molar-refractivity contribution < 1.29 is 4.39 Å². The van der Waals surface area contributed by atoms with Gasteiger partial charge in [-0.3, -0.25) is 0 Å². The first kappa shape index (κ1) is 14.7. The average Bonchev–Trinajstić information content (AvgIpc) is 2.30. The molecule has 17 heavy (non-hydrogen) atoms. The molecule has 0 spiro atoms. The van der Waals surface area contributed by atoms with Crippen LogP contribution < -0.4 is 11.1 Å². The Morgan fingerprint density at radius 1 is 1.35 bits per heavy atom. The summed E-state index contributed by atoms with van der Waals surface area (Å²) in [7, 11) is 0. The highest BCUT2D eigenvalue weighted by atomic mass is 35.5. The molecule has 0 aliphatic heterocycles. The lowest BCUT2D eigenvalue weighted by Crippen LogP contribution is -2.21. The second-order valence-corrected chi connectivity index (χ2v) is 4.71. The van der Waals surface area contributed by atoms with Gasteiger partial charge in [0.05, 0.1) is 5.02 Å². The van der Waals surface area contributed by atoms with Gasteiger partial charge in [-0.15, -0.1) is 0 Å². The van der Waals surface area contributed by atoms with Gasteiger partial charge in [0, 0.05) is 16.6 Å². The van der Waals surface area contributed by atoms with Gasteiger partial charge in [0.2, 0.25) is 0 Å². The predicted molar refractivity (Wildman–Crippen MR) is 71.1 cm³/mol. The Hall–Kier alpha value is -0.350. The lowest BCUT2D eigenvalue weighted by Gasteiger charge is -2.17. The third-order valence-electron chi connectivity index (χ3n) is 2.59. The van der Waals surface area contributed by atoms with E-state index in [9.17, 15) is 4.39 Å². The highest BCUT2D eigenvalue weighted by molar-refractivity contribution is 6.36. The van der Waals surface area contributed by atoms with E-state index in [2.05, 4.69) is 5.32 Å². The Bertz CT molecular complexity index is 372. The summed E-state index contributed by atoms with van der Waals surface area (Å²) < 4.78 is 13.3. The third-order valence-corrected chi connectivity index (χ3v) is 3.31. The molecule has 0 aliphatic rings. The first-order valence-electron chi connectivity index (χ1n) is 5.64. The summed E-state index contributed by atoms with van der Waals surface area (Å²) in [6.07, 6.45) is 1.94. The molecular weight excluding hydrogens is 262 g/mol. The standard InChI is InChI=1S/C12H17Cl2FN2/c1-8(17-7-3-2-6-16)11-9(13)4-5-10(15)12(11)14/h4-5,8,17H,2-3,6-7,16H2,1H3. The molecule has 0 radical (unpaired) electrons. The van der Waals surface area contributed by atoms with Gasteiger partial charge in [0.25, 0.3) is 0 Å². The molecule has 0 aromatic heterocycles. The zero-order valence-corrected chi connectivity index (χ0v) is 11.3. The molecule has 0 fully saturated rings. The number of halogens is 3. The van der Waals surface area contributed by atoms with Gasteiger partial charge < -0.3 is 11.1 Å². The summed E-state index contributed by atoms with van der Waals surface area (Å²) in [4.78, 5) is 0. The van der Waals surface area contributed by atoms with Crippen LogP contribution in [0.2, 0.25) is 10.0 Å². The molecule has 1 aromatic rings. The minimum atomic E-state index is -0.443. The molecule has 1 unspecified atom stereocenters. The minimum Gasteiger partial charge on any atom is -0.330 e. The van der Waals surface area contributed by atoms with Gasteiger partial charge in [-0.1, -0.05) is 23.2 Å². The molecule has 96 valence electrons. The van der Waals surface area contributed by atoms with Crippen molar-refractivity contribution in [3.8, 4) is 0 Å². The Labute approximate surface area is 111 Å². The van der Waals surface area contributed by atoms with Crippen molar-refractivity contribution in [2.24, 2.45) is 5.73 Å². The molecule has 0 saturated carbocycles. The fourth-order valence-corrected chi connectivity index (χ4v) is 2.33. The molecule has 0 amide bonds. The van der Waals surface area contributed by atoms with Crippen LogP contribution in [0.4, 0.5) is 4.39 Å². The summed E-state index contributed by atoms with van der Waals surface area (Å²) >= 11 is 11.9. The number of nitrogens with two attached hydrogens (primary N) is 1. The molecule has 0 aliphatic carbocycles. The maximum Gasteiger partial charge on any atom is 0.142 e. The van der Waals surface area contributed by atoms with Crippen LogP contribution in [0.25, 0.3) is 0 Å². The van der Waals surface area contributed by atoms with E-state index in [0.29, 0.717) is 17.1 Å². The SMILES string of the molecule is CC(NCCCCN)c1c(Cl)ccc(F)c1Cl. The van der Waals surface area contributed by atoms with E-state index in [-0.39, 0.29) is 11.1 Å². The van der Waals surface area contributed by atoms with E-state index >= 15 is 0 Å². The first-order chi connectivity index (χ1) is 8.07. The van der Waals surface area contributed by atoms with Gasteiger partial charge >= 0.3 is 0 Å². The van der Waals surface area contributed by atoms with E-state index in [0.717, 1.165) is 19.4 Å². The smallest absolute Gasteiger partial charge is 0.142 e. The number of hydrogen-bond donors (Lipinski definition) is 2.